The number of carbonyl (C=O) groups is 2. The summed E-state index contributed by atoms with van der Waals surface area (Å²) in [5, 5.41) is 2.92. The Kier molecular flexibility index (Phi) is 6.16. The summed E-state index contributed by atoms with van der Waals surface area (Å²) in [5.74, 6) is 0.217. The van der Waals surface area contributed by atoms with E-state index in [1.165, 1.54) is 11.9 Å². The monoisotopic (exact) mass is 430 g/mol. The maximum Gasteiger partial charge on any atom is 0.227 e. The molecule has 1 aliphatic heterocycles. The van der Waals surface area contributed by atoms with E-state index in [1.54, 1.807) is 12.0 Å². The largest absolute Gasteiger partial charge is 0.497 e. The lowest BCUT2D eigenvalue weighted by atomic mass is 10.1. The molecule has 1 aliphatic rings. The fourth-order valence-corrected chi connectivity index (χ4v) is 3.76. The first kappa shape index (κ1) is 21.5. The molecule has 2 amide bonds. The zero-order chi connectivity index (χ0) is 22.7. The van der Waals surface area contributed by atoms with Crippen molar-refractivity contribution in [1.82, 2.24) is 15.3 Å². The lowest BCUT2D eigenvalue weighted by Crippen LogP contribution is -2.32. The van der Waals surface area contributed by atoms with Crippen LogP contribution >= 0.6 is 0 Å². The quantitative estimate of drug-likeness (QED) is 0.648. The molecule has 4 rings (SSSR count). The smallest absolute Gasteiger partial charge is 0.227 e. The molecule has 0 spiro atoms. The number of ether oxygens (including phenoxy) is 1. The molecule has 0 saturated carbocycles. The van der Waals surface area contributed by atoms with E-state index >= 15 is 0 Å². The first-order chi connectivity index (χ1) is 15.4. The minimum absolute atomic E-state index is 0.0303. The van der Waals surface area contributed by atoms with E-state index < -0.39 is 0 Å². The van der Waals surface area contributed by atoms with Crippen LogP contribution in [0.25, 0.3) is 11.3 Å². The van der Waals surface area contributed by atoms with Gasteiger partial charge in [0.2, 0.25) is 11.8 Å². The maximum absolute atomic E-state index is 12.7. The number of nitrogens with zero attached hydrogens (tertiary/aromatic N) is 3. The number of benzene rings is 2. The van der Waals surface area contributed by atoms with E-state index in [2.05, 4.69) is 15.3 Å². The minimum atomic E-state index is -0.382. The Hall–Kier alpha value is -3.74. The van der Waals surface area contributed by atoms with Crippen LogP contribution in [0.3, 0.4) is 0 Å². The molecule has 7 heteroatoms. The highest BCUT2D eigenvalue weighted by Gasteiger charge is 2.35. The van der Waals surface area contributed by atoms with Crippen LogP contribution in [0.15, 0.2) is 54.9 Å². The molecule has 0 radical (unpaired) electrons. The van der Waals surface area contributed by atoms with Crippen molar-refractivity contribution in [3.05, 3.63) is 71.7 Å². The molecule has 7 nitrogen and oxygen atoms in total. The summed E-state index contributed by atoms with van der Waals surface area (Å²) in [4.78, 5) is 35.5. The number of methoxy groups -OCH3 is 1. The highest BCUT2D eigenvalue weighted by atomic mass is 16.5. The van der Waals surface area contributed by atoms with Crippen LogP contribution in [-0.2, 0) is 16.1 Å². The summed E-state index contributed by atoms with van der Waals surface area (Å²) in [5.41, 5.74) is 5.55. The predicted octanol–water partition coefficient (Wildman–Crippen LogP) is 3.44. The summed E-state index contributed by atoms with van der Waals surface area (Å²) < 4.78 is 5.19. The number of anilines is 1. The van der Waals surface area contributed by atoms with Gasteiger partial charge in [-0.3, -0.25) is 9.59 Å². The Balaban J connectivity index is 1.38. The van der Waals surface area contributed by atoms with Gasteiger partial charge in [0.1, 0.15) is 12.1 Å². The third-order valence-electron chi connectivity index (χ3n) is 5.85. The predicted molar refractivity (Wildman–Crippen MR) is 122 cm³/mol. The van der Waals surface area contributed by atoms with Gasteiger partial charge < -0.3 is 15.0 Å². The fraction of sp³-hybridized carbons (Fsp3) is 0.280. The molecular weight excluding hydrogens is 404 g/mol. The lowest BCUT2D eigenvalue weighted by Gasteiger charge is -2.18. The van der Waals surface area contributed by atoms with E-state index in [0.29, 0.717) is 12.2 Å². The van der Waals surface area contributed by atoms with Crippen LogP contribution in [0.4, 0.5) is 5.69 Å². The SMILES string of the molecule is COc1ccc(-c2cc(CNC(=O)C3CC(=O)N(c4ccc(C)c(C)c4)C3)ncn2)cc1. The average Bonchev–Trinajstić information content (AvgIpc) is 3.21. The normalized spacial score (nSPS) is 15.7. The second-order valence-electron chi connectivity index (χ2n) is 8.01. The highest BCUT2D eigenvalue weighted by Crippen LogP contribution is 2.27. The second kappa shape index (κ2) is 9.18. The van der Waals surface area contributed by atoms with Crippen molar-refractivity contribution in [1.29, 1.82) is 0 Å². The summed E-state index contributed by atoms with van der Waals surface area (Å²) >= 11 is 0. The van der Waals surface area contributed by atoms with Crippen LogP contribution in [0.2, 0.25) is 0 Å². The molecule has 0 bridgehead atoms. The van der Waals surface area contributed by atoms with E-state index in [1.807, 2.05) is 62.4 Å². The average molecular weight is 431 g/mol. The molecule has 1 aromatic heterocycles. The van der Waals surface area contributed by atoms with Gasteiger partial charge in [0.15, 0.2) is 0 Å². The topological polar surface area (TPSA) is 84.4 Å². The van der Waals surface area contributed by atoms with E-state index in [4.69, 9.17) is 4.74 Å². The molecule has 2 aromatic carbocycles. The molecule has 0 aliphatic carbocycles. The second-order valence-corrected chi connectivity index (χ2v) is 8.01. The summed E-state index contributed by atoms with van der Waals surface area (Å²) in [6.45, 7) is 4.72. The number of rotatable bonds is 6. The van der Waals surface area contributed by atoms with Crippen molar-refractivity contribution in [2.24, 2.45) is 5.92 Å². The van der Waals surface area contributed by atoms with Crippen molar-refractivity contribution in [2.75, 3.05) is 18.6 Å². The van der Waals surface area contributed by atoms with Gasteiger partial charge in [-0.1, -0.05) is 6.07 Å². The Morgan fingerprint density at radius 2 is 1.88 bits per heavy atom. The Morgan fingerprint density at radius 3 is 2.59 bits per heavy atom. The van der Waals surface area contributed by atoms with Crippen molar-refractivity contribution in [2.45, 2.75) is 26.8 Å². The number of hydrogen-bond acceptors (Lipinski definition) is 5. The fourth-order valence-electron chi connectivity index (χ4n) is 3.76. The Labute approximate surface area is 187 Å². The van der Waals surface area contributed by atoms with Gasteiger partial charge in [-0.2, -0.15) is 0 Å². The maximum atomic E-state index is 12.7. The molecule has 3 aromatic rings. The highest BCUT2D eigenvalue weighted by molar-refractivity contribution is 6.00. The van der Waals surface area contributed by atoms with Gasteiger partial charge in [-0.25, -0.2) is 9.97 Å². The van der Waals surface area contributed by atoms with Gasteiger partial charge in [0.05, 0.1) is 31.0 Å². The molecule has 1 N–H and O–H groups in total. The number of aryl methyl sites for hydroxylation is 2. The number of carbonyl (C=O) groups excluding carboxylic acids is 2. The molecule has 1 unspecified atom stereocenters. The first-order valence-corrected chi connectivity index (χ1v) is 10.6. The van der Waals surface area contributed by atoms with Crippen molar-refractivity contribution in [3.8, 4) is 17.0 Å². The number of aromatic nitrogens is 2. The molecule has 1 atom stereocenters. The molecule has 1 fully saturated rings. The van der Waals surface area contributed by atoms with Crippen LogP contribution in [0.5, 0.6) is 5.75 Å². The molecule has 164 valence electrons. The summed E-state index contributed by atoms with van der Waals surface area (Å²) in [7, 11) is 1.62. The van der Waals surface area contributed by atoms with Crippen LogP contribution in [-0.4, -0.2) is 35.4 Å². The van der Waals surface area contributed by atoms with Gasteiger partial charge in [-0.15, -0.1) is 0 Å². The third-order valence-corrected chi connectivity index (χ3v) is 5.85. The van der Waals surface area contributed by atoms with Gasteiger partial charge in [0, 0.05) is 24.2 Å². The molecule has 2 heterocycles. The van der Waals surface area contributed by atoms with Crippen molar-refractivity contribution < 1.29 is 14.3 Å². The van der Waals surface area contributed by atoms with Crippen molar-refractivity contribution in [3.63, 3.8) is 0 Å². The minimum Gasteiger partial charge on any atom is -0.497 e. The zero-order valence-corrected chi connectivity index (χ0v) is 18.5. The lowest BCUT2D eigenvalue weighted by molar-refractivity contribution is -0.126. The van der Waals surface area contributed by atoms with Gasteiger partial charge in [0.25, 0.3) is 0 Å². The molecule has 32 heavy (non-hydrogen) atoms. The molecule has 1 saturated heterocycles. The zero-order valence-electron chi connectivity index (χ0n) is 18.5. The van der Waals surface area contributed by atoms with Gasteiger partial charge in [-0.05, 0) is 67.4 Å². The van der Waals surface area contributed by atoms with Crippen LogP contribution in [0, 0.1) is 19.8 Å². The van der Waals surface area contributed by atoms with E-state index in [-0.39, 0.29) is 30.7 Å². The van der Waals surface area contributed by atoms with E-state index in [9.17, 15) is 9.59 Å². The number of amides is 2. The Morgan fingerprint density at radius 1 is 1.09 bits per heavy atom. The van der Waals surface area contributed by atoms with Crippen molar-refractivity contribution >= 4 is 17.5 Å². The summed E-state index contributed by atoms with van der Waals surface area (Å²) in [6, 6.07) is 15.4. The Bertz CT molecular complexity index is 1140. The molecular formula is C25H26N4O3. The number of nitrogens with one attached hydrogen (secondary N) is 1. The van der Waals surface area contributed by atoms with Crippen LogP contribution in [0.1, 0.15) is 23.2 Å². The summed E-state index contributed by atoms with van der Waals surface area (Å²) in [6.07, 6.45) is 1.70. The van der Waals surface area contributed by atoms with E-state index in [0.717, 1.165) is 28.3 Å². The number of hydrogen-bond donors (Lipinski definition) is 1. The third kappa shape index (κ3) is 4.61. The van der Waals surface area contributed by atoms with Crippen LogP contribution < -0.4 is 15.0 Å². The van der Waals surface area contributed by atoms with Gasteiger partial charge >= 0.3 is 0 Å². The standard InChI is InChI=1S/C25H26N4O3/c1-16-4-7-21(10-17(16)2)29-14-19(11-24(29)30)25(31)26-13-20-12-23(28-15-27-20)18-5-8-22(32-3)9-6-18/h4-10,12,15,19H,11,13-14H2,1-3H3,(H,26,31). The first-order valence-electron chi connectivity index (χ1n) is 10.6.